The van der Waals surface area contributed by atoms with Crippen LogP contribution in [0.4, 0.5) is 5.82 Å². The molecule has 0 aliphatic heterocycles. The lowest BCUT2D eigenvalue weighted by Crippen LogP contribution is -2.01. The number of nitrogens with one attached hydrogen (secondary N) is 1. The number of pyridine rings is 1. The molecule has 3 heteroatoms. The minimum Gasteiger partial charge on any atom is -0.370 e. The summed E-state index contributed by atoms with van der Waals surface area (Å²) in [5, 5.41) is 3.33. The van der Waals surface area contributed by atoms with Crippen molar-refractivity contribution in [2.75, 3.05) is 11.9 Å². The quantitative estimate of drug-likeness (QED) is 0.771. The average molecular weight is 286 g/mol. The topological polar surface area (TPSA) is 24.9 Å². The number of anilines is 1. The highest BCUT2D eigenvalue weighted by Gasteiger charge is 2.00. The van der Waals surface area contributed by atoms with Gasteiger partial charge in [-0.15, -0.1) is 11.8 Å². The molecule has 0 saturated carbocycles. The average Bonchev–Trinajstić information content (AvgIpc) is 2.42. The molecule has 0 aliphatic carbocycles. The van der Waals surface area contributed by atoms with Crippen molar-refractivity contribution in [2.24, 2.45) is 0 Å². The van der Waals surface area contributed by atoms with Gasteiger partial charge in [0.1, 0.15) is 5.82 Å². The monoisotopic (exact) mass is 286 g/mol. The van der Waals surface area contributed by atoms with Gasteiger partial charge in [-0.1, -0.05) is 36.2 Å². The smallest absolute Gasteiger partial charge is 0.126 e. The second-order valence-corrected chi connectivity index (χ2v) is 6.14. The molecule has 0 radical (unpaired) electrons. The van der Waals surface area contributed by atoms with Crippen molar-refractivity contribution in [1.29, 1.82) is 0 Å². The summed E-state index contributed by atoms with van der Waals surface area (Å²) in [7, 11) is 0. The molecule has 20 heavy (non-hydrogen) atoms. The van der Waals surface area contributed by atoms with Crippen molar-refractivity contribution in [3.8, 4) is 0 Å². The number of hydrogen-bond donors (Lipinski definition) is 1. The lowest BCUT2D eigenvalue weighted by atomic mass is 10.1. The molecule has 0 atom stereocenters. The Morgan fingerprint density at radius 2 is 1.85 bits per heavy atom. The SMILES string of the molecule is CCCNc1cc(SCc2cc(C)cc(C)c2)ccn1. The van der Waals surface area contributed by atoms with Gasteiger partial charge in [0.05, 0.1) is 0 Å². The molecule has 0 fully saturated rings. The lowest BCUT2D eigenvalue weighted by molar-refractivity contribution is 0.967. The number of aryl methyl sites for hydroxylation is 2. The molecular formula is C17H22N2S. The van der Waals surface area contributed by atoms with Crippen molar-refractivity contribution in [3.63, 3.8) is 0 Å². The van der Waals surface area contributed by atoms with E-state index in [1.165, 1.54) is 21.6 Å². The molecule has 0 amide bonds. The third kappa shape index (κ3) is 4.57. The Kier molecular flexibility index (Phi) is 5.48. The van der Waals surface area contributed by atoms with Crippen LogP contribution < -0.4 is 5.32 Å². The Balaban J connectivity index is 1.99. The van der Waals surface area contributed by atoms with Crippen molar-refractivity contribution in [3.05, 3.63) is 53.2 Å². The number of benzene rings is 1. The normalized spacial score (nSPS) is 10.6. The molecule has 0 saturated heterocycles. The van der Waals surface area contributed by atoms with E-state index in [0.717, 1.165) is 24.5 Å². The summed E-state index contributed by atoms with van der Waals surface area (Å²) in [4.78, 5) is 5.60. The summed E-state index contributed by atoms with van der Waals surface area (Å²) in [6.45, 7) is 7.44. The summed E-state index contributed by atoms with van der Waals surface area (Å²) < 4.78 is 0. The van der Waals surface area contributed by atoms with E-state index in [9.17, 15) is 0 Å². The van der Waals surface area contributed by atoms with Crippen LogP contribution in [0.15, 0.2) is 41.4 Å². The van der Waals surface area contributed by atoms with Crippen LogP contribution in [-0.2, 0) is 5.75 Å². The minimum atomic E-state index is 0.970. The molecule has 2 nitrogen and oxygen atoms in total. The Morgan fingerprint density at radius 1 is 1.10 bits per heavy atom. The first-order valence-electron chi connectivity index (χ1n) is 7.07. The fraction of sp³-hybridized carbons (Fsp3) is 0.353. The summed E-state index contributed by atoms with van der Waals surface area (Å²) >= 11 is 1.86. The summed E-state index contributed by atoms with van der Waals surface area (Å²) in [5.74, 6) is 1.97. The van der Waals surface area contributed by atoms with Crippen LogP contribution in [0.2, 0.25) is 0 Å². The van der Waals surface area contributed by atoms with Gasteiger partial charge in [-0.25, -0.2) is 4.98 Å². The lowest BCUT2D eigenvalue weighted by Gasteiger charge is -2.07. The molecule has 0 aliphatic rings. The van der Waals surface area contributed by atoms with Crippen molar-refractivity contribution < 1.29 is 0 Å². The van der Waals surface area contributed by atoms with E-state index >= 15 is 0 Å². The fourth-order valence-corrected chi connectivity index (χ4v) is 3.02. The molecular weight excluding hydrogens is 264 g/mol. The number of nitrogens with zero attached hydrogens (tertiary/aromatic N) is 1. The number of thioether (sulfide) groups is 1. The van der Waals surface area contributed by atoms with Crippen LogP contribution in [0.1, 0.15) is 30.0 Å². The van der Waals surface area contributed by atoms with Gasteiger partial charge in [-0.05, 0) is 38.0 Å². The van der Waals surface area contributed by atoms with E-state index < -0.39 is 0 Å². The summed E-state index contributed by atoms with van der Waals surface area (Å²) in [6, 6.07) is 10.9. The van der Waals surface area contributed by atoms with E-state index in [4.69, 9.17) is 0 Å². The fourth-order valence-electron chi connectivity index (χ4n) is 2.17. The number of rotatable bonds is 6. The maximum absolute atomic E-state index is 4.34. The molecule has 0 spiro atoms. The zero-order valence-corrected chi connectivity index (χ0v) is 13.3. The van der Waals surface area contributed by atoms with E-state index in [1.54, 1.807) is 0 Å². The molecule has 1 aromatic carbocycles. The van der Waals surface area contributed by atoms with E-state index in [2.05, 4.69) is 61.4 Å². The van der Waals surface area contributed by atoms with Crippen LogP contribution in [-0.4, -0.2) is 11.5 Å². The molecule has 106 valence electrons. The molecule has 1 N–H and O–H groups in total. The van der Waals surface area contributed by atoms with Gasteiger partial charge in [0.2, 0.25) is 0 Å². The predicted octanol–water partition coefficient (Wildman–Crippen LogP) is 4.81. The summed E-state index contributed by atoms with van der Waals surface area (Å²) in [6.07, 6.45) is 2.99. The van der Waals surface area contributed by atoms with Gasteiger partial charge in [0.25, 0.3) is 0 Å². The number of aromatic nitrogens is 1. The Bertz CT molecular complexity index is 546. The second kappa shape index (κ2) is 7.34. The largest absolute Gasteiger partial charge is 0.370 e. The van der Waals surface area contributed by atoms with Crippen molar-refractivity contribution in [1.82, 2.24) is 4.98 Å². The van der Waals surface area contributed by atoms with Crippen LogP contribution in [0, 0.1) is 13.8 Å². The molecule has 0 bridgehead atoms. The molecule has 2 rings (SSSR count). The van der Waals surface area contributed by atoms with Gasteiger partial charge in [-0.2, -0.15) is 0 Å². The molecule has 1 aromatic heterocycles. The highest BCUT2D eigenvalue weighted by molar-refractivity contribution is 7.98. The predicted molar refractivity (Wildman–Crippen MR) is 88.5 cm³/mol. The first-order chi connectivity index (χ1) is 9.67. The van der Waals surface area contributed by atoms with Crippen LogP contribution >= 0.6 is 11.8 Å². The highest BCUT2D eigenvalue weighted by Crippen LogP contribution is 2.25. The van der Waals surface area contributed by atoms with Crippen LogP contribution in [0.3, 0.4) is 0 Å². The third-order valence-corrected chi connectivity index (χ3v) is 4.04. The highest BCUT2D eigenvalue weighted by atomic mass is 32.2. The maximum atomic E-state index is 4.34. The second-order valence-electron chi connectivity index (χ2n) is 5.09. The minimum absolute atomic E-state index is 0.970. The first-order valence-corrected chi connectivity index (χ1v) is 8.06. The number of hydrogen-bond acceptors (Lipinski definition) is 3. The standard InChI is InChI=1S/C17H22N2S/c1-4-6-18-17-11-16(5-7-19-17)20-12-15-9-13(2)8-14(3)10-15/h5,7-11H,4,6,12H2,1-3H3,(H,18,19). The Morgan fingerprint density at radius 3 is 2.55 bits per heavy atom. The maximum Gasteiger partial charge on any atom is 0.126 e. The van der Waals surface area contributed by atoms with E-state index in [1.807, 2.05) is 18.0 Å². The van der Waals surface area contributed by atoms with Gasteiger partial charge in [0.15, 0.2) is 0 Å². The Labute approximate surface area is 126 Å². The van der Waals surface area contributed by atoms with E-state index in [0.29, 0.717) is 0 Å². The van der Waals surface area contributed by atoms with Crippen LogP contribution in [0.25, 0.3) is 0 Å². The Hall–Kier alpha value is -1.48. The van der Waals surface area contributed by atoms with E-state index in [-0.39, 0.29) is 0 Å². The van der Waals surface area contributed by atoms with Gasteiger partial charge < -0.3 is 5.32 Å². The van der Waals surface area contributed by atoms with Crippen LogP contribution in [0.5, 0.6) is 0 Å². The third-order valence-electron chi connectivity index (χ3n) is 2.97. The van der Waals surface area contributed by atoms with Crippen molar-refractivity contribution in [2.45, 2.75) is 37.8 Å². The first kappa shape index (κ1) is 14.9. The van der Waals surface area contributed by atoms with Gasteiger partial charge in [0, 0.05) is 23.4 Å². The van der Waals surface area contributed by atoms with Crippen molar-refractivity contribution >= 4 is 17.6 Å². The van der Waals surface area contributed by atoms with Gasteiger partial charge in [-0.3, -0.25) is 0 Å². The van der Waals surface area contributed by atoms with Gasteiger partial charge >= 0.3 is 0 Å². The molecule has 1 heterocycles. The molecule has 2 aromatic rings. The zero-order chi connectivity index (χ0) is 14.4. The zero-order valence-electron chi connectivity index (χ0n) is 12.4. The summed E-state index contributed by atoms with van der Waals surface area (Å²) in [5.41, 5.74) is 4.05. The molecule has 0 unspecified atom stereocenters.